The summed E-state index contributed by atoms with van der Waals surface area (Å²) in [5.41, 5.74) is 1.27. The molecule has 0 radical (unpaired) electrons. The predicted octanol–water partition coefficient (Wildman–Crippen LogP) is 1.83. The zero-order valence-corrected chi connectivity index (χ0v) is 11.3. The summed E-state index contributed by atoms with van der Waals surface area (Å²) in [5.74, 6) is 2.00. The van der Waals surface area contributed by atoms with Crippen LogP contribution in [0.25, 0.3) is 5.76 Å². The van der Waals surface area contributed by atoms with Gasteiger partial charge in [-0.15, -0.1) is 0 Å². The molecule has 1 aliphatic rings. The van der Waals surface area contributed by atoms with E-state index >= 15 is 0 Å². The summed E-state index contributed by atoms with van der Waals surface area (Å²) in [6, 6.07) is 6.27. The maximum atomic E-state index is 5.62. The van der Waals surface area contributed by atoms with Gasteiger partial charge in [0.15, 0.2) is 0 Å². The first-order valence-electron chi connectivity index (χ1n) is 4.99. The van der Waals surface area contributed by atoms with Gasteiger partial charge in [0.25, 0.3) is 0 Å². The number of fused-ring (bicyclic) bond motifs is 1. The van der Waals surface area contributed by atoms with E-state index in [0.29, 0.717) is 0 Å². The van der Waals surface area contributed by atoms with E-state index in [1.807, 2.05) is 13.0 Å². The average molecular weight is 318 g/mol. The number of allylic oxidation sites excluding steroid dienone is 1. The van der Waals surface area contributed by atoms with Crippen LogP contribution in [0.15, 0.2) is 24.3 Å². The summed E-state index contributed by atoms with van der Waals surface area (Å²) in [4.78, 5) is 0. The fourth-order valence-corrected chi connectivity index (χ4v) is 4.24. The number of hydrogen-bond acceptors (Lipinski definition) is 2. The van der Waals surface area contributed by atoms with E-state index in [-0.39, 0.29) is 20.9 Å². The van der Waals surface area contributed by atoms with Gasteiger partial charge in [-0.2, -0.15) is 0 Å². The van der Waals surface area contributed by atoms with Gasteiger partial charge in [-0.3, -0.25) is 0 Å². The van der Waals surface area contributed by atoms with Gasteiger partial charge < -0.3 is 0 Å². The Morgan fingerprint density at radius 3 is 3.00 bits per heavy atom. The van der Waals surface area contributed by atoms with Crippen molar-refractivity contribution in [3.05, 3.63) is 29.8 Å². The first-order chi connectivity index (χ1) is 7.35. The number of methoxy groups -OCH3 is 1. The zero-order valence-electron chi connectivity index (χ0n) is 8.95. The predicted molar refractivity (Wildman–Crippen MR) is 62.8 cm³/mol. The van der Waals surface area contributed by atoms with Crippen molar-refractivity contribution in [1.29, 1.82) is 0 Å². The minimum absolute atomic E-state index is 0.0802. The first kappa shape index (κ1) is 10.9. The fourth-order valence-electron chi connectivity index (χ4n) is 1.56. The van der Waals surface area contributed by atoms with Gasteiger partial charge >= 0.3 is 100 Å². The van der Waals surface area contributed by atoms with Crippen LogP contribution in [0.4, 0.5) is 0 Å². The summed E-state index contributed by atoms with van der Waals surface area (Å²) >= 11 is -0.0802. The van der Waals surface area contributed by atoms with Gasteiger partial charge in [-0.25, -0.2) is 0 Å². The molecule has 3 heteroatoms. The molecule has 0 bridgehead atoms. The molecule has 2 nitrogen and oxygen atoms in total. The third-order valence-electron chi connectivity index (χ3n) is 2.26. The van der Waals surface area contributed by atoms with E-state index in [1.54, 1.807) is 7.11 Å². The zero-order chi connectivity index (χ0) is 10.7. The number of rotatable bonds is 3. The normalized spacial score (nSPS) is 14.1. The second-order valence-electron chi connectivity index (χ2n) is 3.17. The Bertz CT molecular complexity index is 385. The van der Waals surface area contributed by atoms with Crippen LogP contribution in [0.2, 0.25) is 4.47 Å². The van der Waals surface area contributed by atoms with Crippen LogP contribution < -0.4 is 8.35 Å². The second kappa shape index (κ2) is 4.92. The molecule has 0 unspecified atom stereocenters. The second-order valence-corrected chi connectivity index (χ2v) is 6.21. The molecule has 1 aliphatic heterocycles. The number of benzene rings is 1. The molecule has 0 amide bonds. The van der Waals surface area contributed by atoms with E-state index in [9.17, 15) is 0 Å². The van der Waals surface area contributed by atoms with Gasteiger partial charge in [0.05, 0.1) is 0 Å². The SMILES string of the molecule is CCOC1=CC[Te]c2cc(OC)ccc21. The molecule has 0 aliphatic carbocycles. The van der Waals surface area contributed by atoms with Crippen molar-refractivity contribution in [1.82, 2.24) is 0 Å². The average Bonchev–Trinajstić information content (AvgIpc) is 2.29. The van der Waals surface area contributed by atoms with Crippen LogP contribution >= 0.6 is 0 Å². The van der Waals surface area contributed by atoms with Gasteiger partial charge in [-0.1, -0.05) is 0 Å². The van der Waals surface area contributed by atoms with E-state index < -0.39 is 0 Å². The van der Waals surface area contributed by atoms with Crippen LogP contribution in [-0.4, -0.2) is 34.6 Å². The molecule has 0 saturated heterocycles. The van der Waals surface area contributed by atoms with Crippen molar-refractivity contribution in [2.24, 2.45) is 0 Å². The molecule has 0 aromatic heterocycles. The molecule has 1 aromatic carbocycles. The first-order valence-corrected chi connectivity index (χ1v) is 7.80. The molecule has 1 heterocycles. The van der Waals surface area contributed by atoms with Crippen LogP contribution in [-0.2, 0) is 4.74 Å². The fraction of sp³-hybridized carbons (Fsp3) is 0.333. The number of ether oxygens (including phenoxy) is 2. The Balaban J connectivity index is 2.35. The monoisotopic (exact) mass is 320 g/mol. The van der Waals surface area contributed by atoms with Crippen molar-refractivity contribution >= 4 is 30.3 Å². The van der Waals surface area contributed by atoms with Crippen LogP contribution in [0.1, 0.15) is 12.5 Å². The van der Waals surface area contributed by atoms with Crippen molar-refractivity contribution < 1.29 is 9.47 Å². The Hall–Kier alpha value is -0.650. The van der Waals surface area contributed by atoms with Gasteiger partial charge in [-0.05, 0) is 0 Å². The Morgan fingerprint density at radius 1 is 1.40 bits per heavy atom. The molecule has 15 heavy (non-hydrogen) atoms. The molecule has 2 rings (SSSR count). The van der Waals surface area contributed by atoms with Crippen LogP contribution in [0, 0.1) is 0 Å². The molecule has 0 fully saturated rings. The summed E-state index contributed by atoms with van der Waals surface area (Å²) in [7, 11) is 1.71. The quantitative estimate of drug-likeness (QED) is 0.792. The molecule has 0 atom stereocenters. The Morgan fingerprint density at radius 2 is 2.27 bits per heavy atom. The van der Waals surface area contributed by atoms with Crippen LogP contribution in [0.5, 0.6) is 5.75 Å². The van der Waals surface area contributed by atoms with E-state index in [0.717, 1.165) is 18.1 Å². The molecule has 0 spiro atoms. The Kier molecular flexibility index (Phi) is 3.56. The third-order valence-corrected chi connectivity index (χ3v) is 5.06. The summed E-state index contributed by atoms with van der Waals surface area (Å²) in [6.07, 6.45) is 2.22. The van der Waals surface area contributed by atoms with Gasteiger partial charge in [0, 0.05) is 0 Å². The summed E-state index contributed by atoms with van der Waals surface area (Å²) < 4.78 is 13.5. The van der Waals surface area contributed by atoms with E-state index in [2.05, 4.69) is 18.2 Å². The summed E-state index contributed by atoms with van der Waals surface area (Å²) in [6.45, 7) is 2.76. The molecular weight excluding hydrogens is 304 g/mol. The Labute approximate surface area is 100 Å². The van der Waals surface area contributed by atoms with Crippen molar-refractivity contribution in [2.75, 3.05) is 13.7 Å². The topological polar surface area (TPSA) is 18.5 Å². The standard InChI is InChI=1S/C12H14O2Te/c1-3-14-11-6-7-15-12-8-9(13-2)4-5-10(11)12/h4-6,8H,3,7H2,1-2H3. The van der Waals surface area contributed by atoms with Gasteiger partial charge in [0.2, 0.25) is 0 Å². The van der Waals surface area contributed by atoms with Crippen LogP contribution in [0.3, 0.4) is 0 Å². The van der Waals surface area contributed by atoms with Crippen molar-refractivity contribution in [3.8, 4) is 5.75 Å². The molecular formula is C12H14O2Te. The molecule has 0 saturated carbocycles. The molecule has 80 valence electrons. The van der Waals surface area contributed by atoms with E-state index in [4.69, 9.17) is 9.47 Å². The number of hydrogen-bond donors (Lipinski definition) is 0. The maximum absolute atomic E-state index is 5.62. The molecule has 0 N–H and O–H groups in total. The van der Waals surface area contributed by atoms with Crippen molar-refractivity contribution in [3.63, 3.8) is 0 Å². The van der Waals surface area contributed by atoms with Crippen molar-refractivity contribution in [2.45, 2.75) is 11.4 Å². The summed E-state index contributed by atoms with van der Waals surface area (Å²) in [5, 5.41) is 0. The third kappa shape index (κ3) is 2.30. The van der Waals surface area contributed by atoms with Gasteiger partial charge in [0.1, 0.15) is 0 Å². The molecule has 1 aromatic rings. The minimum atomic E-state index is -0.0802. The van der Waals surface area contributed by atoms with E-state index in [1.165, 1.54) is 13.6 Å².